The Bertz CT molecular complexity index is 1030. The van der Waals surface area contributed by atoms with Crippen LogP contribution < -0.4 is 10.1 Å². The van der Waals surface area contributed by atoms with Gasteiger partial charge in [-0.1, -0.05) is 24.3 Å². The molecule has 1 amide bonds. The molecule has 2 aliphatic rings. The summed E-state index contributed by atoms with van der Waals surface area (Å²) in [6.07, 6.45) is 1.19. The number of methoxy groups -OCH3 is 1. The summed E-state index contributed by atoms with van der Waals surface area (Å²) in [7, 11) is 1.41. The summed E-state index contributed by atoms with van der Waals surface area (Å²) in [5.74, 6) is -0.561. The number of fused-ring (bicyclic) bond motifs is 2. The average Bonchev–Trinajstić information content (AvgIpc) is 3.14. The number of phenolic OH excluding ortho intramolecular Hbond substituents is 1. The fourth-order valence-electron chi connectivity index (χ4n) is 3.73. The van der Waals surface area contributed by atoms with Gasteiger partial charge in [-0.3, -0.25) is 9.59 Å². The average molecular weight is 410 g/mol. The minimum absolute atomic E-state index is 0.115. The maximum atomic E-state index is 13.2. The Morgan fingerprint density at radius 3 is 2.67 bits per heavy atom. The Hall–Kier alpha value is -3.52. The van der Waals surface area contributed by atoms with Crippen molar-refractivity contribution in [2.45, 2.75) is 32.2 Å². The molecule has 0 bridgehead atoms. The molecule has 0 aromatic heterocycles. The Balaban J connectivity index is 1.62. The third-order valence-corrected chi connectivity index (χ3v) is 5.30. The molecule has 0 radical (unpaired) electrons. The zero-order chi connectivity index (χ0) is 21.4. The molecule has 3 N–H and O–H groups in total. The maximum absolute atomic E-state index is 13.2. The fourth-order valence-corrected chi connectivity index (χ4v) is 3.73. The van der Waals surface area contributed by atoms with Crippen molar-refractivity contribution in [1.82, 2.24) is 4.90 Å². The number of anilines is 1. The molecular formula is C22H22N2O6. The predicted octanol–water partition coefficient (Wildman–Crippen LogP) is 2.46. The summed E-state index contributed by atoms with van der Waals surface area (Å²) in [6.45, 7) is 1.57. The highest BCUT2D eigenvalue weighted by molar-refractivity contribution is 6.03. The number of carbonyl (C=O) groups excluding carboxylic acids is 2. The quantitative estimate of drug-likeness (QED) is 0.665. The standard InChI is InChI=1S/C22H22N2O6/c1-12(25)30-11-13-3-5-14(6-4-13)15-7-18-21(27)23-17-9-19(26)20(29-2)8-16(17)22(28)24(18)10-15/h3-6,8-10,18,21,23,26-27H,7,11H2,1-2H3. The fraction of sp³-hybridized carbons (Fsp3) is 0.273. The summed E-state index contributed by atoms with van der Waals surface area (Å²) in [6, 6.07) is 9.87. The van der Waals surface area contributed by atoms with Gasteiger partial charge in [0.25, 0.3) is 5.91 Å². The number of nitrogens with one attached hydrogen (secondary N) is 1. The van der Waals surface area contributed by atoms with Crippen molar-refractivity contribution in [3.8, 4) is 11.5 Å². The molecule has 2 heterocycles. The van der Waals surface area contributed by atoms with Crippen LogP contribution in [0.15, 0.2) is 42.6 Å². The molecule has 0 fully saturated rings. The number of rotatable bonds is 4. The Labute approximate surface area is 173 Å². The van der Waals surface area contributed by atoms with Gasteiger partial charge in [0.05, 0.1) is 24.4 Å². The first-order chi connectivity index (χ1) is 14.4. The second-order valence-corrected chi connectivity index (χ2v) is 7.27. The lowest BCUT2D eigenvalue weighted by molar-refractivity contribution is -0.142. The van der Waals surface area contributed by atoms with Gasteiger partial charge in [-0.15, -0.1) is 0 Å². The normalized spacial score (nSPS) is 19.9. The van der Waals surface area contributed by atoms with Crippen molar-refractivity contribution in [3.63, 3.8) is 0 Å². The molecule has 0 saturated carbocycles. The topological polar surface area (TPSA) is 108 Å². The van der Waals surface area contributed by atoms with Crippen LogP contribution in [0.1, 0.15) is 34.8 Å². The number of hydrogen-bond acceptors (Lipinski definition) is 7. The van der Waals surface area contributed by atoms with E-state index >= 15 is 0 Å². The van der Waals surface area contributed by atoms with Crippen LogP contribution in [0, 0.1) is 0 Å². The zero-order valence-corrected chi connectivity index (χ0v) is 16.6. The number of nitrogens with zero attached hydrogens (tertiary/aromatic N) is 1. The van der Waals surface area contributed by atoms with Crippen molar-refractivity contribution < 1.29 is 29.3 Å². The van der Waals surface area contributed by atoms with Crippen molar-refractivity contribution in [2.75, 3.05) is 12.4 Å². The molecule has 0 aliphatic carbocycles. The highest BCUT2D eigenvalue weighted by atomic mass is 16.5. The number of aliphatic hydroxyl groups excluding tert-OH is 1. The molecule has 2 aromatic rings. The molecule has 8 heteroatoms. The lowest BCUT2D eigenvalue weighted by atomic mass is 10.0. The maximum Gasteiger partial charge on any atom is 0.302 e. The van der Waals surface area contributed by atoms with Crippen molar-refractivity contribution >= 4 is 23.1 Å². The second-order valence-electron chi connectivity index (χ2n) is 7.27. The number of hydrogen-bond donors (Lipinski definition) is 3. The van der Waals surface area contributed by atoms with Crippen LogP contribution >= 0.6 is 0 Å². The first-order valence-corrected chi connectivity index (χ1v) is 9.49. The number of amides is 1. The third-order valence-electron chi connectivity index (χ3n) is 5.30. The number of benzene rings is 2. The van der Waals surface area contributed by atoms with Crippen molar-refractivity contribution in [2.24, 2.45) is 0 Å². The van der Waals surface area contributed by atoms with Gasteiger partial charge in [-0.25, -0.2) is 0 Å². The number of esters is 1. The molecule has 0 spiro atoms. The number of aliphatic hydroxyl groups is 1. The molecule has 30 heavy (non-hydrogen) atoms. The van der Waals surface area contributed by atoms with Crippen LogP contribution in [0.4, 0.5) is 5.69 Å². The van der Waals surface area contributed by atoms with E-state index in [9.17, 15) is 19.8 Å². The molecule has 4 rings (SSSR count). The Morgan fingerprint density at radius 1 is 1.27 bits per heavy atom. The summed E-state index contributed by atoms with van der Waals surface area (Å²) >= 11 is 0. The number of phenols is 1. The van der Waals surface area contributed by atoms with Crippen LogP contribution in [-0.2, 0) is 16.1 Å². The number of carbonyl (C=O) groups is 2. The molecule has 2 aromatic carbocycles. The SMILES string of the molecule is COc1cc2c(cc1O)NC(O)C1CC(c3ccc(COC(C)=O)cc3)=CN1C2=O. The van der Waals surface area contributed by atoms with Gasteiger partial charge in [0.2, 0.25) is 0 Å². The third kappa shape index (κ3) is 3.57. The monoisotopic (exact) mass is 410 g/mol. The molecular weight excluding hydrogens is 388 g/mol. The van der Waals surface area contributed by atoms with Gasteiger partial charge in [0.15, 0.2) is 11.5 Å². The van der Waals surface area contributed by atoms with Gasteiger partial charge in [0, 0.05) is 19.2 Å². The summed E-state index contributed by atoms with van der Waals surface area (Å²) in [4.78, 5) is 25.6. The first-order valence-electron chi connectivity index (χ1n) is 9.49. The van der Waals surface area contributed by atoms with Crippen molar-refractivity contribution in [3.05, 3.63) is 59.3 Å². The van der Waals surface area contributed by atoms with Crippen LogP contribution in [0.5, 0.6) is 11.5 Å². The van der Waals surface area contributed by atoms with Crippen LogP contribution in [0.2, 0.25) is 0 Å². The molecule has 156 valence electrons. The van der Waals surface area contributed by atoms with E-state index in [1.54, 1.807) is 6.20 Å². The highest BCUT2D eigenvalue weighted by Gasteiger charge is 2.39. The summed E-state index contributed by atoms with van der Waals surface area (Å²) in [5.41, 5.74) is 3.34. The van der Waals surface area contributed by atoms with E-state index in [-0.39, 0.29) is 30.0 Å². The minimum atomic E-state index is -1.01. The number of aromatic hydroxyl groups is 1. The summed E-state index contributed by atoms with van der Waals surface area (Å²) < 4.78 is 10.1. The van der Waals surface area contributed by atoms with E-state index in [0.717, 1.165) is 16.7 Å². The van der Waals surface area contributed by atoms with E-state index in [1.165, 1.54) is 31.1 Å². The predicted molar refractivity (Wildman–Crippen MR) is 109 cm³/mol. The van der Waals surface area contributed by atoms with E-state index in [2.05, 4.69) is 5.32 Å². The molecule has 2 atom stereocenters. The van der Waals surface area contributed by atoms with Gasteiger partial charge in [0.1, 0.15) is 12.8 Å². The molecule has 0 saturated heterocycles. The second kappa shape index (κ2) is 7.72. The minimum Gasteiger partial charge on any atom is -0.504 e. The highest BCUT2D eigenvalue weighted by Crippen LogP contribution is 2.39. The van der Waals surface area contributed by atoms with E-state index in [1.807, 2.05) is 24.3 Å². The molecule has 8 nitrogen and oxygen atoms in total. The van der Waals surface area contributed by atoms with E-state index in [4.69, 9.17) is 9.47 Å². The number of ether oxygens (including phenoxy) is 2. The molecule has 2 unspecified atom stereocenters. The Kier molecular flexibility index (Phi) is 5.09. The van der Waals surface area contributed by atoms with E-state index < -0.39 is 12.3 Å². The largest absolute Gasteiger partial charge is 0.504 e. The smallest absolute Gasteiger partial charge is 0.302 e. The Morgan fingerprint density at radius 2 is 2.00 bits per heavy atom. The summed E-state index contributed by atoms with van der Waals surface area (Å²) in [5, 5.41) is 23.6. The van der Waals surface area contributed by atoms with Gasteiger partial charge >= 0.3 is 5.97 Å². The molecule has 2 aliphatic heterocycles. The van der Waals surface area contributed by atoms with Gasteiger partial charge in [-0.05, 0) is 29.2 Å². The van der Waals surface area contributed by atoms with E-state index in [0.29, 0.717) is 17.7 Å². The van der Waals surface area contributed by atoms with Crippen LogP contribution in [0.3, 0.4) is 0 Å². The van der Waals surface area contributed by atoms with Gasteiger partial charge < -0.3 is 29.9 Å². The van der Waals surface area contributed by atoms with Crippen molar-refractivity contribution in [1.29, 1.82) is 0 Å². The van der Waals surface area contributed by atoms with Gasteiger partial charge in [-0.2, -0.15) is 0 Å². The lowest BCUT2D eigenvalue weighted by Gasteiger charge is -2.24. The van der Waals surface area contributed by atoms with Crippen LogP contribution in [-0.4, -0.2) is 46.4 Å². The van der Waals surface area contributed by atoms with Crippen LogP contribution in [0.25, 0.3) is 5.57 Å². The lowest BCUT2D eigenvalue weighted by Crippen LogP contribution is -2.42. The first kappa shape index (κ1) is 19.8. The zero-order valence-electron chi connectivity index (χ0n) is 16.6.